The Kier molecular flexibility index (Phi) is 5.16. The lowest BCUT2D eigenvalue weighted by molar-refractivity contribution is -0.122. The molecular formula is C17H17N3O4. The average Bonchev–Trinajstić information content (AvgIpc) is 2.55. The van der Waals surface area contributed by atoms with Crippen molar-refractivity contribution >= 4 is 23.4 Å². The van der Waals surface area contributed by atoms with Crippen LogP contribution in [0.15, 0.2) is 48.5 Å². The van der Waals surface area contributed by atoms with Crippen molar-refractivity contribution in [2.75, 3.05) is 5.32 Å². The first-order chi connectivity index (χ1) is 11.4. The number of hydrogen-bond acceptors (Lipinski definition) is 4. The van der Waals surface area contributed by atoms with Crippen LogP contribution in [0.1, 0.15) is 27.6 Å². The molecule has 7 heteroatoms. The van der Waals surface area contributed by atoms with Gasteiger partial charge in [-0.2, -0.15) is 0 Å². The van der Waals surface area contributed by atoms with Crippen molar-refractivity contribution in [1.29, 1.82) is 0 Å². The summed E-state index contributed by atoms with van der Waals surface area (Å²) in [5, 5.41) is 2.57. The van der Waals surface area contributed by atoms with Gasteiger partial charge in [0.25, 0.3) is 5.91 Å². The fourth-order valence-corrected chi connectivity index (χ4v) is 1.98. The van der Waals surface area contributed by atoms with Gasteiger partial charge < -0.3 is 21.5 Å². The number of carbonyl (C=O) groups excluding carboxylic acids is 3. The summed E-state index contributed by atoms with van der Waals surface area (Å²) in [5.74, 6) is -1.37. The molecule has 7 nitrogen and oxygen atoms in total. The van der Waals surface area contributed by atoms with E-state index >= 15 is 0 Å². The molecule has 0 spiro atoms. The number of rotatable bonds is 6. The minimum atomic E-state index is -0.790. The fourth-order valence-electron chi connectivity index (χ4n) is 1.98. The molecule has 0 bridgehead atoms. The minimum absolute atomic E-state index is 0.0678. The van der Waals surface area contributed by atoms with Crippen molar-refractivity contribution < 1.29 is 19.1 Å². The van der Waals surface area contributed by atoms with E-state index in [4.69, 9.17) is 16.2 Å². The predicted molar refractivity (Wildman–Crippen MR) is 88.6 cm³/mol. The molecule has 0 fully saturated rings. The molecule has 2 aromatic rings. The summed E-state index contributed by atoms with van der Waals surface area (Å²) in [7, 11) is 0. The molecule has 0 aliphatic carbocycles. The van der Waals surface area contributed by atoms with E-state index in [1.54, 1.807) is 31.2 Å². The molecular weight excluding hydrogens is 310 g/mol. The normalized spacial score (nSPS) is 11.4. The second-order valence-corrected chi connectivity index (χ2v) is 5.09. The lowest BCUT2D eigenvalue weighted by atomic mass is 10.1. The molecule has 5 N–H and O–H groups in total. The number of para-hydroxylation sites is 1. The Hall–Kier alpha value is -3.35. The maximum absolute atomic E-state index is 12.2. The first kappa shape index (κ1) is 17.0. The lowest BCUT2D eigenvalue weighted by Crippen LogP contribution is -2.30. The number of nitrogens with one attached hydrogen (secondary N) is 1. The molecule has 0 unspecified atom stereocenters. The van der Waals surface area contributed by atoms with Gasteiger partial charge >= 0.3 is 0 Å². The SMILES string of the molecule is C[C@H](Oc1ccccc1)C(=O)Nc1cc(C(N)=O)cc(C(N)=O)c1. The highest BCUT2D eigenvalue weighted by atomic mass is 16.5. The van der Waals surface area contributed by atoms with Crippen molar-refractivity contribution in [3.63, 3.8) is 0 Å². The quantitative estimate of drug-likeness (QED) is 0.739. The van der Waals surface area contributed by atoms with Crippen LogP contribution in [0.4, 0.5) is 5.69 Å². The molecule has 0 aliphatic rings. The third-order valence-corrected chi connectivity index (χ3v) is 3.19. The van der Waals surface area contributed by atoms with E-state index < -0.39 is 23.8 Å². The van der Waals surface area contributed by atoms with Crippen LogP contribution in [0, 0.1) is 0 Å². The van der Waals surface area contributed by atoms with Crippen LogP contribution in [-0.2, 0) is 4.79 Å². The highest BCUT2D eigenvalue weighted by molar-refractivity contribution is 6.02. The largest absolute Gasteiger partial charge is 0.481 e. The van der Waals surface area contributed by atoms with Gasteiger partial charge in [-0.05, 0) is 37.3 Å². The monoisotopic (exact) mass is 327 g/mol. The van der Waals surface area contributed by atoms with E-state index in [9.17, 15) is 14.4 Å². The van der Waals surface area contributed by atoms with E-state index in [2.05, 4.69) is 5.32 Å². The first-order valence-electron chi connectivity index (χ1n) is 7.14. The Morgan fingerprint density at radius 1 is 0.958 bits per heavy atom. The van der Waals surface area contributed by atoms with Crippen LogP contribution in [-0.4, -0.2) is 23.8 Å². The van der Waals surface area contributed by atoms with E-state index in [0.717, 1.165) is 0 Å². The second-order valence-electron chi connectivity index (χ2n) is 5.09. The molecule has 0 aliphatic heterocycles. The molecule has 0 aromatic heterocycles. The van der Waals surface area contributed by atoms with Gasteiger partial charge in [0.1, 0.15) is 5.75 Å². The minimum Gasteiger partial charge on any atom is -0.481 e. The van der Waals surface area contributed by atoms with Crippen LogP contribution < -0.4 is 21.5 Å². The summed E-state index contributed by atoms with van der Waals surface area (Å²) in [6.45, 7) is 1.58. The fraction of sp³-hybridized carbons (Fsp3) is 0.118. The number of amides is 3. The van der Waals surface area contributed by atoms with Gasteiger partial charge in [-0.1, -0.05) is 18.2 Å². The number of carbonyl (C=O) groups is 3. The first-order valence-corrected chi connectivity index (χ1v) is 7.14. The highest BCUT2D eigenvalue weighted by Gasteiger charge is 2.16. The summed E-state index contributed by atoms with van der Waals surface area (Å²) in [5.41, 5.74) is 10.8. The molecule has 24 heavy (non-hydrogen) atoms. The van der Waals surface area contributed by atoms with Gasteiger partial charge in [-0.3, -0.25) is 14.4 Å². The van der Waals surface area contributed by atoms with Gasteiger partial charge in [0, 0.05) is 16.8 Å². The Morgan fingerprint density at radius 3 is 2.00 bits per heavy atom. The topological polar surface area (TPSA) is 125 Å². The Labute approximate surface area is 138 Å². The highest BCUT2D eigenvalue weighted by Crippen LogP contribution is 2.16. The maximum atomic E-state index is 12.2. The van der Waals surface area contributed by atoms with Crippen molar-refractivity contribution in [1.82, 2.24) is 0 Å². The number of nitrogens with two attached hydrogens (primary N) is 2. The molecule has 2 aromatic carbocycles. The van der Waals surface area contributed by atoms with Crippen molar-refractivity contribution in [3.8, 4) is 5.75 Å². The Balaban J connectivity index is 2.15. The van der Waals surface area contributed by atoms with Crippen LogP contribution >= 0.6 is 0 Å². The van der Waals surface area contributed by atoms with E-state index in [0.29, 0.717) is 5.75 Å². The van der Waals surface area contributed by atoms with E-state index in [1.807, 2.05) is 6.07 Å². The third-order valence-electron chi connectivity index (χ3n) is 3.19. The van der Waals surface area contributed by atoms with Crippen molar-refractivity contribution in [3.05, 3.63) is 59.7 Å². The molecule has 0 saturated carbocycles. The molecule has 2 rings (SSSR count). The van der Waals surface area contributed by atoms with E-state index in [-0.39, 0.29) is 16.8 Å². The van der Waals surface area contributed by atoms with Gasteiger partial charge in [0.2, 0.25) is 11.8 Å². The van der Waals surface area contributed by atoms with Crippen LogP contribution in [0.3, 0.4) is 0 Å². The Bertz CT molecular complexity index is 742. The summed E-state index contributed by atoms with van der Waals surface area (Å²) in [4.78, 5) is 34.9. The zero-order valence-electron chi connectivity index (χ0n) is 13.0. The third kappa shape index (κ3) is 4.33. The second kappa shape index (κ2) is 7.28. The lowest BCUT2D eigenvalue weighted by Gasteiger charge is -2.15. The summed E-state index contributed by atoms with van der Waals surface area (Å²) in [6.07, 6.45) is -0.790. The Morgan fingerprint density at radius 2 is 1.50 bits per heavy atom. The number of ether oxygens (including phenoxy) is 1. The van der Waals surface area contributed by atoms with Crippen LogP contribution in [0.5, 0.6) is 5.75 Å². The molecule has 3 amide bonds. The average molecular weight is 327 g/mol. The number of hydrogen-bond donors (Lipinski definition) is 3. The molecule has 0 heterocycles. The number of primary amides is 2. The molecule has 0 radical (unpaired) electrons. The van der Waals surface area contributed by atoms with Crippen molar-refractivity contribution in [2.24, 2.45) is 11.5 Å². The maximum Gasteiger partial charge on any atom is 0.265 e. The van der Waals surface area contributed by atoms with Crippen LogP contribution in [0.2, 0.25) is 0 Å². The summed E-state index contributed by atoms with van der Waals surface area (Å²) >= 11 is 0. The van der Waals surface area contributed by atoms with Gasteiger partial charge in [-0.15, -0.1) is 0 Å². The van der Waals surface area contributed by atoms with Gasteiger partial charge in [0.15, 0.2) is 6.10 Å². The zero-order chi connectivity index (χ0) is 17.7. The van der Waals surface area contributed by atoms with Crippen LogP contribution in [0.25, 0.3) is 0 Å². The van der Waals surface area contributed by atoms with Crippen molar-refractivity contribution in [2.45, 2.75) is 13.0 Å². The smallest absolute Gasteiger partial charge is 0.265 e. The van der Waals surface area contributed by atoms with Gasteiger partial charge in [-0.25, -0.2) is 0 Å². The summed E-state index contributed by atoms with van der Waals surface area (Å²) in [6, 6.07) is 12.8. The summed E-state index contributed by atoms with van der Waals surface area (Å²) < 4.78 is 5.51. The van der Waals surface area contributed by atoms with E-state index in [1.165, 1.54) is 18.2 Å². The molecule has 0 saturated heterocycles. The molecule has 124 valence electrons. The zero-order valence-corrected chi connectivity index (χ0v) is 13.0. The number of benzene rings is 2. The number of anilines is 1. The standard InChI is InChI=1S/C17H17N3O4/c1-10(24-14-5-3-2-4-6-14)17(23)20-13-8-11(15(18)21)7-12(9-13)16(19)22/h2-10H,1H3,(H2,18,21)(H2,19,22)(H,20,23)/t10-/m0/s1. The predicted octanol–water partition coefficient (Wildman–Crippen LogP) is 1.29. The van der Waals surface area contributed by atoms with Gasteiger partial charge in [0.05, 0.1) is 0 Å². The molecule has 1 atom stereocenters.